The number of benzene rings is 3. The molecule has 2 nitrogen and oxygen atoms in total. The van der Waals surface area contributed by atoms with Crippen molar-refractivity contribution in [3.8, 4) is 5.69 Å². The Balaban J connectivity index is 1.90. The molecule has 1 aliphatic rings. The highest BCUT2D eigenvalue weighted by Crippen LogP contribution is 2.44. The summed E-state index contributed by atoms with van der Waals surface area (Å²) in [7, 11) is 0. The van der Waals surface area contributed by atoms with Crippen molar-refractivity contribution in [3.05, 3.63) is 95.7 Å². The highest BCUT2D eigenvalue weighted by atomic mass is 15.1. The van der Waals surface area contributed by atoms with E-state index < -0.39 is 0 Å². The lowest BCUT2D eigenvalue weighted by atomic mass is 9.86. The SMILES string of the molecule is Cc1ccc2c(c1)-n1c(cc3ccccc31)C(C)(c1ccccc1)N2. The van der Waals surface area contributed by atoms with Crippen molar-refractivity contribution in [2.24, 2.45) is 0 Å². The van der Waals surface area contributed by atoms with Crippen LogP contribution >= 0.6 is 0 Å². The van der Waals surface area contributed by atoms with Crippen LogP contribution in [0.25, 0.3) is 16.6 Å². The molecule has 0 aliphatic carbocycles. The Morgan fingerprint density at radius 2 is 1.60 bits per heavy atom. The smallest absolute Gasteiger partial charge is 0.101 e. The minimum atomic E-state index is -0.275. The Morgan fingerprint density at radius 1 is 0.840 bits per heavy atom. The molecule has 25 heavy (non-hydrogen) atoms. The van der Waals surface area contributed by atoms with Gasteiger partial charge in [0.15, 0.2) is 0 Å². The van der Waals surface area contributed by atoms with Gasteiger partial charge < -0.3 is 9.88 Å². The van der Waals surface area contributed by atoms with Crippen molar-refractivity contribution < 1.29 is 0 Å². The molecule has 2 heteroatoms. The third-order valence-corrected chi connectivity index (χ3v) is 5.35. The molecule has 4 aromatic rings. The highest BCUT2D eigenvalue weighted by molar-refractivity contribution is 5.87. The molecular weight excluding hydrogens is 304 g/mol. The molecule has 0 spiro atoms. The van der Waals surface area contributed by atoms with Gasteiger partial charge in [0.1, 0.15) is 5.54 Å². The van der Waals surface area contributed by atoms with Crippen molar-refractivity contribution in [2.45, 2.75) is 19.4 Å². The maximum absolute atomic E-state index is 3.81. The van der Waals surface area contributed by atoms with E-state index >= 15 is 0 Å². The number of rotatable bonds is 1. The minimum Gasteiger partial charge on any atom is -0.369 e. The average molecular weight is 324 g/mol. The normalized spacial score (nSPS) is 18.5. The van der Waals surface area contributed by atoms with Crippen LogP contribution in [-0.4, -0.2) is 4.57 Å². The molecule has 1 aliphatic heterocycles. The molecule has 1 aromatic heterocycles. The minimum absolute atomic E-state index is 0.275. The highest BCUT2D eigenvalue weighted by Gasteiger charge is 2.37. The van der Waals surface area contributed by atoms with Gasteiger partial charge in [0.25, 0.3) is 0 Å². The van der Waals surface area contributed by atoms with Crippen LogP contribution in [0.5, 0.6) is 0 Å². The van der Waals surface area contributed by atoms with Gasteiger partial charge in [0.05, 0.1) is 22.6 Å². The molecule has 122 valence electrons. The first-order valence-electron chi connectivity index (χ1n) is 8.72. The van der Waals surface area contributed by atoms with Gasteiger partial charge in [-0.1, -0.05) is 54.6 Å². The lowest BCUT2D eigenvalue weighted by molar-refractivity contribution is 0.607. The summed E-state index contributed by atoms with van der Waals surface area (Å²) < 4.78 is 2.42. The van der Waals surface area contributed by atoms with E-state index in [0.717, 1.165) is 0 Å². The second-order valence-electron chi connectivity index (χ2n) is 7.06. The van der Waals surface area contributed by atoms with E-state index in [0.29, 0.717) is 0 Å². The number of nitrogens with one attached hydrogen (secondary N) is 1. The Labute approximate surface area is 147 Å². The van der Waals surface area contributed by atoms with E-state index in [1.54, 1.807) is 0 Å². The first-order chi connectivity index (χ1) is 12.2. The van der Waals surface area contributed by atoms with Crippen LogP contribution in [0.3, 0.4) is 0 Å². The zero-order valence-electron chi connectivity index (χ0n) is 14.5. The topological polar surface area (TPSA) is 17.0 Å². The van der Waals surface area contributed by atoms with Crippen molar-refractivity contribution in [3.63, 3.8) is 0 Å². The molecule has 3 aromatic carbocycles. The molecule has 0 radical (unpaired) electrons. The fraction of sp³-hybridized carbons (Fsp3) is 0.130. The van der Waals surface area contributed by atoms with Crippen LogP contribution in [0.15, 0.2) is 78.9 Å². The molecule has 0 saturated carbocycles. The molecule has 0 fully saturated rings. The van der Waals surface area contributed by atoms with E-state index in [-0.39, 0.29) is 5.54 Å². The number of aryl methyl sites for hydroxylation is 1. The van der Waals surface area contributed by atoms with Crippen LogP contribution in [0, 0.1) is 6.92 Å². The predicted molar refractivity (Wildman–Crippen MR) is 105 cm³/mol. The first kappa shape index (κ1) is 14.4. The molecule has 0 amide bonds. The summed E-state index contributed by atoms with van der Waals surface area (Å²) in [6.07, 6.45) is 0. The predicted octanol–water partition coefficient (Wildman–Crippen LogP) is 5.63. The van der Waals surface area contributed by atoms with E-state index in [9.17, 15) is 0 Å². The van der Waals surface area contributed by atoms with Crippen molar-refractivity contribution in [2.75, 3.05) is 5.32 Å². The number of fused-ring (bicyclic) bond motifs is 5. The average Bonchev–Trinajstić information content (AvgIpc) is 3.04. The van der Waals surface area contributed by atoms with E-state index in [4.69, 9.17) is 0 Å². The lowest BCUT2D eigenvalue weighted by Crippen LogP contribution is -2.38. The van der Waals surface area contributed by atoms with Crippen LogP contribution < -0.4 is 5.32 Å². The van der Waals surface area contributed by atoms with Crippen LogP contribution in [-0.2, 0) is 5.54 Å². The standard InChI is InChI=1S/C23H20N2/c1-16-12-13-19-21(14-16)25-20-11-7-6-8-17(20)15-22(25)23(2,24-19)18-9-4-3-5-10-18/h3-15,24H,1-2H3. The van der Waals surface area contributed by atoms with E-state index in [2.05, 4.69) is 103 Å². The van der Waals surface area contributed by atoms with Crippen molar-refractivity contribution >= 4 is 16.6 Å². The number of hydrogen-bond donors (Lipinski definition) is 1. The Hall–Kier alpha value is -3.00. The third-order valence-electron chi connectivity index (χ3n) is 5.35. The van der Waals surface area contributed by atoms with E-state index in [1.807, 2.05) is 0 Å². The molecule has 2 heterocycles. The van der Waals surface area contributed by atoms with Gasteiger partial charge >= 0.3 is 0 Å². The molecular formula is C23H20N2. The van der Waals surface area contributed by atoms with Crippen molar-refractivity contribution in [1.29, 1.82) is 0 Å². The molecule has 0 bridgehead atoms. The fourth-order valence-electron chi connectivity index (χ4n) is 4.04. The largest absolute Gasteiger partial charge is 0.369 e. The summed E-state index contributed by atoms with van der Waals surface area (Å²) in [5, 5.41) is 5.09. The summed E-state index contributed by atoms with van der Waals surface area (Å²) in [6, 6.07) is 28.3. The van der Waals surface area contributed by atoms with Crippen LogP contribution in [0.2, 0.25) is 0 Å². The van der Waals surface area contributed by atoms with Crippen LogP contribution in [0.1, 0.15) is 23.7 Å². The number of nitrogens with zero attached hydrogens (tertiary/aromatic N) is 1. The Morgan fingerprint density at radius 3 is 2.44 bits per heavy atom. The summed E-state index contributed by atoms with van der Waals surface area (Å²) in [5.74, 6) is 0. The fourth-order valence-corrected chi connectivity index (χ4v) is 4.04. The van der Waals surface area contributed by atoms with Crippen LogP contribution in [0.4, 0.5) is 5.69 Å². The van der Waals surface area contributed by atoms with E-state index in [1.165, 1.54) is 39.1 Å². The second kappa shape index (κ2) is 5.00. The molecule has 1 unspecified atom stereocenters. The number of anilines is 1. The first-order valence-corrected chi connectivity index (χ1v) is 8.72. The maximum atomic E-state index is 3.81. The summed E-state index contributed by atoms with van der Waals surface area (Å²) in [6.45, 7) is 4.42. The number of hydrogen-bond acceptors (Lipinski definition) is 1. The maximum Gasteiger partial charge on any atom is 0.101 e. The van der Waals surface area contributed by atoms with Gasteiger partial charge in [-0.05, 0) is 49.2 Å². The zero-order chi connectivity index (χ0) is 17.0. The number of aromatic nitrogens is 1. The second-order valence-corrected chi connectivity index (χ2v) is 7.06. The molecule has 5 rings (SSSR count). The Kier molecular flexibility index (Phi) is 2.87. The summed E-state index contributed by atoms with van der Waals surface area (Å²) in [4.78, 5) is 0. The van der Waals surface area contributed by atoms with Gasteiger partial charge in [0.2, 0.25) is 0 Å². The third kappa shape index (κ3) is 1.97. The van der Waals surface area contributed by atoms with Gasteiger partial charge in [-0.2, -0.15) is 0 Å². The van der Waals surface area contributed by atoms with Gasteiger partial charge in [-0.15, -0.1) is 0 Å². The molecule has 1 N–H and O–H groups in total. The summed E-state index contributed by atoms with van der Waals surface area (Å²) >= 11 is 0. The summed E-state index contributed by atoms with van der Waals surface area (Å²) in [5.41, 5.74) is 7.20. The van der Waals surface area contributed by atoms with Gasteiger partial charge in [0, 0.05) is 5.39 Å². The van der Waals surface area contributed by atoms with Gasteiger partial charge in [-0.25, -0.2) is 0 Å². The zero-order valence-corrected chi connectivity index (χ0v) is 14.5. The number of para-hydroxylation sites is 1. The van der Waals surface area contributed by atoms with Gasteiger partial charge in [-0.3, -0.25) is 0 Å². The monoisotopic (exact) mass is 324 g/mol. The Bertz CT molecular complexity index is 1090. The quantitative estimate of drug-likeness (QED) is 0.480. The molecule has 0 saturated heterocycles. The van der Waals surface area contributed by atoms with Crippen molar-refractivity contribution in [1.82, 2.24) is 4.57 Å². The molecule has 1 atom stereocenters. The lowest BCUT2D eigenvalue weighted by Gasteiger charge is -2.39.